The molecule has 1 aromatic carbocycles. The van der Waals surface area contributed by atoms with Crippen molar-refractivity contribution in [3.63, 3.8) is 0 Å². The van der Waals surface area contributed by atoms with Crippen molar-refractivity contribution in [2.45, 2.75) is 24.8 Å². The van der Waals surface area contributed by atoms with Gasteiger partial charge >= 0.3 is 0 Å². The number of sulfonamides is 1. The Kier molecular flexibility index (Phi) is 5.59. The van der Waals surface area contributed by atoms with E-state index in [0.717, 1.165) is 0 Å². The van der Waals surface area contributed by atoms with E-state index in [1.54, 1.807) is 13.8 Å². The van der Waals surface area contributed by atoms with Crippen LogP contribution in [-0.2, 0) is 14.8 Å². The van der Waals surface area contributed by atoms with Gasteiger partial charge in [-0.15, -0.1) is 0 Å². The van der Waals surface area contributed by atoms with Crippen molar-refractivity contribution in [3.8, 4) is 0 Å². The lowest BCUT2D eigenvalue weighted by Gasteiger charge is -2.20. The van der Waals surface area contributed by atoms with Gasteiger partial charge in [-0.05, 0) is 49.9 Å². The fourth-order valence-corrected chi connectivity index (χ4v) is 5.56. The van der Waals surface area contributed by atoms with Crippen LogP contribution < -0.4 is 16.2 Å². The van der Waals surface area contributed by atoms with Crippen molar-refractivity contribution in [1.29, 1.82) is 0 Å². The average molecular weight is 429 g/mol. The maximum absolute atomic E-state index is 12.4. The lowest BCUT2D eigenvalue weighted by Crippen LogP contribution is -2.47. The van der Waals surface area contributed by atoms with Gasteiger partial charge < -0.3 is 11.5 Å². The summed E-state index contributed by atoms with van der Waals surface area (Å²) < 4.78 is 27.7. The molecule has 0 saturated carbocycles. The third-order valence-electron chi connectivity index (χ3n) is 2.54. The summed E-state index contributed by atoms with van der Waals surface area (Å²) in [6, 6.07) is 1.94. The molecular weight excluding hydrogens is 414 g/mol. The number of nitrogens with two attached hydrogens (primary N) is 2. The Hall–Kier alpha value is -0.640. The minimum atomic E-state index is -3.93. The van der Waals surface area contributed by atoms with Crippen LogP contribution in [-0.4, -0.2) is 20.4 Å². The monoisotopic (exact) mass is 427 g/mol. The minimum Gasteiger partial charge on any atom is -0.399 e. The predicted octanol–water partition coefficient (Wildman–Crippen LogP) is 1.58. The van der Waals surface area contributed by atoms with E-state index in [9.17, 15) is 13.2 Å². The van der Waals surface area contributed by atoms with Gasteiger partial charge in [-0.25, -0.2) is 8.42 Å². The number of carbonyl (C=O) groups excluding carboxylic acids is 1. The van der Waals surface area contributed by atoms with E-state index in [-0.39, 0.29) is 10.8 Å². The number of halogens is 2. The van der Waals surface area contributed by atoms with E-state index in [2.05, 4.69) is 36.6 Å². The number of benzene rings is 1. The molecule has 0 bridgehead atoms. The largest absolute Gasteiger partial charge is 0.399 e. The average Bonchev–Trinajstić information content (AvgIpc) is 2.23. The van der Waals surface area contributed by atoms with Crippen LogP contribution in [0.2, 0.25) is 0 Å². The molecule has 20 heavy (non-hydrogen) atoms. The van der Waals surface area contributed by atoms with E-state index in [4.69, 9.17) is 11.5 Å². The third-order valence-corrected chi connectivity index (χ3v) is 5.86. The molecular formula is C11H15Br2N3O3S. The first kappa shape index (κ1) is 17.4. The lowest BCUT2D eigenvalue weighted by atomic mass is 10.1. The van der Waals surface area contributed by atoms with Crippen LogP contribution >= 0.6 is 31.9 Å². The lowest BCUT2D eigenvalue weighted by molar-refractivity contribution is -0.120. The molecule has 0 radical (unpaired) electrons. The highest BCUT2D eigenvalue weighted by molar-refractivity contribution is 9.11. The Morgan fingerprint density at radius 1 is 1.25 bits per heavy atom. The minimum absolute atomic E-state index is 0.0291. The summed E-state index contributed by atoms with van der Waals surface area (Å²) in [6.07, 6.45) is 0. The molecule has 1 unspecified atom stereocenters. The first-order chi connectivity index (χ1) is 9.06. The fourth-order valence-electron chi connectivity index (χ4n) is 1.58. The maximum Gasteiger partial charge on any atom is 0.243 e. The van der Waals surface area contributed by atoms with Gasteiger partial charge in [0.2, 0.25) is 15.9 Å². The van der Waals surface area contributed by atoms with E-state index in [0.29, 0.717) is 14.6 Å². The first-order valence-corrected chi connectivity index (χ1v) is 8.69. The maximum atomic E-state index is 12.4. The van der Waals surface area contributed by atoms with Crippen LogP contribution in [0.25, 0.3) is 0 Å². The molecule has 112 valence electrons. The summed E-state index contributed by atoms with van der Waals surface area (Å²) in [6.45, 7) is 3.40. The number of anilines is 1. The molecule has 0 aliphatic heterocycles. The number of rotatable bonds is 5. The second kappa shape index (κ2) is 6.42. The number of primary amides is 1. The van der Waals surface area contributed by atoms with Crippen LogP contribution in [0.1, 0.15) is 13.8 Å². The van der Waals surface area contributed by atoms with Crippen molar-refractivity contribution >= 4 is 53.5 Å². The molecule has 0 saturated heterocycles. The molecule has 5 N–H and O–H groups in total. The summed E-state index contributed by atoms with van der Waals surface area (Å²) in [4.78, 5) is 11.3. The quantitative estimate of drug-likeness (QED) is 0.617. The summed E-state index contributed by atoms with van der Waals surface area (Å²) in [5.41, 5.74) is 11.2. The topological polar surface area (TPSA) is 115 Å². The van der Waals surface area contributed by atoms with Gasteiger partial charge in [0.1, 0.15) is 10.9 Å². The van der Waals surface area contributed by atoms with Crippen LogP contribution in [0.5, 0.6) is 0 Å². The molecule has 6 nitrogen and oxygen atoms in total. The zero-order chi connectivity index (χ0) is 15.7. The molecule has 0 heterocycles. The molecule has 9 heteroatoms. The summed E-state index contributed by atoms with van der Waals surface area (Å²) in [5.74, 6) is -1.00. The van der Waals surface area contributed by atoms with Gasteiger partial charge in [0.15, 0.2) is 0 Å². The number of hydrogen-bond donors (Lipinski definition) is 3. The van der Waals surface area contributed by atoms with E-state index < -0.39 is 22.0 Å². The number of hydrogen-bond acceptors (Lipinski definition) is 4. The van der Waals surface area contributed by atoms with Gasteiger partial charge in [-0.2, -0.15) is 4.72 Å². The van der Waals surface area contributed by atoms with E-state index in [1.807, 2.05) is 0 Å². The molecule has 1 atom stereocenters. The first-order valence-electron chi connectivity index (χ1n) is 5.62. The Labute approximate surface area is 134 Å². The highest BCUT2D eigenvalue weighted by Crippen LogP contribution is 2.32. The SMILES string of the molecule is CC(C)C(NS(=O)(=O)c1c(Br)cc(N)cc1Br)C(N)=O. The Morgan fingerprint density at radius 2 is 1.70 bits per heavy atom. The number of nitrogen functional groups attached to an aromatic ring is 1. The number of amides is 1. The number of nitrogens with one attached hydrogen (secondary N) is 1. The molecule has 0 fully saturated rings. The van der Waals surface area contributed by atoms with Crippen molar-refractivity contribution in [2.24, 2.45) is 11.7 Å². The van der Waals surface area contributed by atoms with Gasteiger partial charge in [0.05, 0.1) is 0 Å². The van der Waals surface area contributed by atoms with Crippen LogP contribution in [0, 0.1) is 5.92 Å². The van der Waals surface area contributed by atoms with Gasteiger partial charge in [-0.1, -0.05) is 13.8 Å². The zero-order valence-electron chi connectivity index (χ0n) is 10.9. The van der Waals surface area contributed by atoms with E-state index in [1.165, 1.54) is 12.1 Å². The van der Waals surface area contributed by atoms with Crippen molar-refractivity contribution < 1.29 is 13.2 Å². The summed E-state index contributed by atoms with van der Waals surface area (Å²) >= 11 is 6.30. The van der Waals surface area contributed by atoms with Crippen molar-refractivity contribution in [3.05, 3.63) is 21.1 Å². The normalized spacial score (nSPS) is 13.4. The Morgan fingerprint density at radius 3 is 2.05 bits per heavy atom. The van der Waals surface area contributed by atoms with Crippen LogP contribution in [0.15, 0.2) is 26.0 Å². The second-order valence-corrected chi connectivity index (χ2v) is 7.92. The standard InChI is InChI=1S/C11H15Br2N3O3S/c1-5(2)9(11(15)17)16-20(18,19)10-7(12)3-6(14)4-8(10)13/h3-5,9,16H,14H2,1-2H3,(H2,15,17). The molecule has 0 spiro atoms. The van der Waals surface area contributed by atoms with Gasteiger partial charge in [-0.3, -0.25) is 4.79 Å². The zero-order valence-corrected chi connectivity index (χ0v) is 14.8. The van der Waals surface area contributed by atoms with Crippen molar-refractivity contribution in [2.75, 3.05) is 5.73 Å². The molecule has 0 aromatic heterocycles. The fraction of sp³-hybridized carbons (Fsp3) is 0.364. The highest BCUT2D eigenvalue weighted by atomic mass is 79.9. The predicted molar refractivity (Wildman–Crippen MR) is 84.4 cm³/mol. The summed E-state index contributed by atoms with van der Waals surface area (Å²) in [5, 5.41) is 0. The summed E-state index contributed by atoms with van der Waals surface area (Å²) in [7, 11) is -3.93. The van der Waals surface area contributed by atoms with E-state index >= 15 is 0 Å². The van der Waals surface area contributed by atoms with Crippen LogP contribution in [0.3, 0.4) is 0 Å². The van der Waals surface area contributed by atoms with Gasteiger partial charge in [0, 0.05) is 14.6 Å². The Bertz CT molecular complexity index is 609. The van der Waals surface area contributed by atoms with Crippen molar-refractivity contribution in [1.82, 2.24) is 4.72 Å². The molecule has 1 amide bonds. The highest BCUT2D eigenvalue weighted by Gasteiger charge is 2.29. The molecule has 0 aliphatic rings. The van der Waals surface area contributed by atoms with Crippen LogP contribution in [0.4, 0.5) is 5.69 Å². The molecule has 1 rings (SSSR count). The molecule has 1 aromatic rings. The smallest absolute Gasteiger partial charge is 0.243 e. The number of carbonyl (C=O) groups is 1. The second-order valence-electron chi connectivity index (χ2n) is 4.56. The Balaban J connectivity index is 3.28. The van der Waals surface area contributed by atoms with Gasteiger partial charge in [0.25, 0.3) is 0 Å². The molecule has 0 aliphatic carbocycles. The third kappa shape index (κ3) is 3.94.